The zero-order chi connectivity index (χ0) is 14.8. The standard InChI is InChI=1S/C15H27N3O2/c1-3-5-7-10-18-11-9-16-13(15(18)20)12-14(19)17-8-6-4-2/h3,13,16H,1,4-12H2,2H3,(H,17,19). The first kappa shape index (κ1) is 16.7. The fraction of sp³-hybridized carbons (Fsp3) is 0.733. The van der Waals surface area contributed by atoms with E-state index in [1.807, 2.05) is 11.0 Å². The number of allylic oxidation sites excluding steroid dienone is 1. The van der Waals surface area contributed by atoms with Gasteiger partial charge in [-0.15, -0.1) is 6.58 Å². The number of amides is 2. The number of piperazine rings is 1. The van der Waals surface area contributed by atoms with Gasteiger partial charge in [-0.05, 0) is 19.3 Å². The molecule has 20 heavy (non-hydrogen) atoms. The Kier molecular flexibility index (Phi) is 7.95. The first-order chi connectivity index (χ1) is 9.69. The number of hydrogen-bond donors (Lipinski definition) is 2. The largest absolute Gasteiger partial charge is 0.356 e. The van der Waals surface area contributed by atoms with Gasteiger partial charge in [-0.25, -0.2) is 0 Å². The number of nitrogens with zero attached hydrogens (tertiary/aromatic N) is 1. The normalized spacial score (nSPS) is 18.9. The van der Waals surface area contributed by atoms with Gasteiger partial charge in [-0.3, -0.25) is 9.59 Å². The van der Waals surface area contributed by atoms with Crippen molar-refractivity contribution in [1.82, 2.24) is 15.5 Å². The average molecular weight is 281 g/mol. The lowest BCUT2D eigenvalue weighted by Gasteiger charge is -2.33. The highest BCUT2D eigenvalue weighted by molar-refractivity contribution is 5.88. The number of nitrogens with one attached hydrogen (secondary N) is 2. The molecule has 2 N–H and O–H groups in total. The molecule has 114 valence electrons. The summed E-state index contributed by atoms with van der Waals surface area (Å²) in [5.41, 5.74) is 0. The maximum absolute atomic E-state index is 12.2. The van der Waals surface area contributed by atoms with Gasteiger partial charge in [0.05, 0.1) is 12.5 Å². The summed E-state index contributed by atoms with van der Waals surface area (Å²) in [4.78, 5) is 25.9. The summed E-state index contributed by atoms with van der Waals surface area (Å²) in [7, 11) is 0. The van der Waals surface area contributed by atoms with Crippen LogP contribution in [-0.4, -0.2) is 48.9 Å². The van der Waals surface area contributed by atoms with Gasteiger partial charge in [0.15, 0.2) is 0 Å². The Labute approximate surface area is 121 Å². The number of carbonyl (C=O) groups excluding carboxylic acids is 2. The van der Waals surface area contributed by atoms with Crippen molar-refractivity contribution in [3.05, 3.63) is 12.7 Å². The van der Waals surface area contributed by atoms with Gasteiger partial charge in [0, 0.05) is 26.2 Å². The van der Waals surface area contributed by atoms with Crippen LogP contribution in [-0.2, 0) is 9.59 Å². The fourth-order valence-corrected chi connectivity index (χ4v) is 2.26. The molecule has 2 amide bonds. The molecule has 5 nitrogen and oxygen atoms in total. The van der Waals surface area contributed by atoms with E-state index in [9.17, 15) is 9.59 Å². The highest BCUT2D eigenvalue weighted by Gasteiger charge is 2.29. The molecule has 1 saturated heterocycles. The molecule has 1 fully saturated rings. The Morgan fingerprint density at radius 3 is 3.05 bits per heavy atom. The lowest BCUT2D eigenvalue weighted by Crippen LogP contribution is -2.56. The summed E-state index contributed by atoms with van der Waals surface area (Å²) < 4.78 is 0. The van der Waals surface area contributed by atoms with E-state index in [2.05, 4.69) is 24.1 Å². The fourth-order valence-electron chi connectivity index (χ4n) is 2.26. The van der Waals surface area contributed by atoms with E-state index >= 15 is 0 Å². The predicted molar refractivity (Wildman–Crippen MR) is 80.3 cm³/mol. The first-order valence-corrected chi connectivity index (χ1v) is 7.58. The Morgan fingerprint density at radius 2 is 2.35 bits per heavy atom. The summed E-state index contributed by atoms with van der Waals surface area (Å²) in [5, 5.41) is 5.99. The Hall–Kier alpha value is -1.36. The third-order valence-electron chi connectivity index (χ3n) is 3.46. The van der Waals surface area contributed by atoms with Crippen LogP contribution in [0, 0.1) is 0 Å². The van der Waals surface area contributed by atoms with Crippen LogP contribution in [0.5, 0.6) is 0 Å². The zero-order valence-electron chi connectivity index (χ0n) is 12.5. The van der Waals surface area contributed by atoms with Crippen LogP contribution < -0.4 is 10.6 Å². The highest BCUT2D eigenvalue weighted by atomic mass is 16.2. The van der Waals surface area contributed by atoms with Gasteiger partial charge in [-0.2, -0.15) is 0 Å². The highest BCUT2D eigenvalue weighted by Crippen LogP contribution is 2.07. The molecule has 0 aromatic carbocycles. The third-order valence-corrected chi connectivity index (χ3v) is 3.46. The van der Waals surface area contributed by atoms with E-state index in [0.717, 1.165) is 45.3 Å². The second-order valence-electron chi connectivity index (χ2n) is 5.17. The number of hydrogen-bond acceptors (Lipinski definition) is 3. The maximum Gasteiger partial charge on any atom is 0.240 e. The van der Waals surface area contributed by atoms with Crippen LogP contribution in [0.1, 0.15) is 39.0 Å². The minimum atomic E-state index is -0.367. The van der Waals surface area contributed by atoms with Crippen molar-refractivity contribution in [3.8, 4) is 0 Å². The minimum absolute atomic E-state index is 0.0442. The zero-order valence-corrected chi connectivity index (χ0v) is 12.5. The molecule has 0 spiro atoms. The molecule has 1 aliphatic rings. The van der Waals surface area contributed by atoms with Gasteiger partial charge >= 0.3 is 0 Å². The summed E-state index contributed by atoms with van der Waals surface area (Å²) in [6, 6.07) is -0.367. The Morgan fingerprint density at radius 1 is 1.55 bits per heavy atom. The lowest BCUT2D eigenvalue weighted by atomic mass is 10.1. The summed E-state index contributed by atoms with van der Waals surface area (Å²) in [6.45, 7) is 8.69. The van der Waals surface area contributed by atoms with Crippen molar-refractivity contribution >= 4 is 11.8 Å². The molecule has 1 atom stereocenters. The molecule has 0 aromatic heterocycles. The molecule has 0 aromatic rings. The monoisotopic (exact) mass is 281 g/mol. The van der Waals surface area contributed by atoms with Crippen molar-refractivity contribution < 1.29 is 9.59 Å². The van der Waals surface area contributed by atoms with E-state index in [1.165, 1.54) is 0 Å². The van der Waals surface area contributed by atoms with E-state index in [4.69, 9.17) is 0 Å². The van der Waals surface area contributed by atoms with E-state index in [0.29, 0.717) is 6.54 Å². The molecule has 0 aliphatic carbocycles. The molecule has 0 bridgehead atoms. The molecular weight excluding hydrogens is 254 g/mol. The molecular formula is C15H27N3O2. The van der Waals surface area contributed by atoms with Crippen molar-refractivity contribution in [3.63, 3.8) is 0 Å². The van der Waals surface area contributed by atoms with Crippen molar-refractivity contribution in [2.24, 2.45) is 0 Å². The van der Waals surface area contributed by atoms with Crippen LogP contribution in [0.3, 0.4) is 0 Å². The van der Waals surface area contributed by atoms with Gasteiger partial charge in [0.2, 0.25) is 11.8 Å². The molecule has 1 unspecified atom stereocenters. The van der Waals surface area contributed by atoms with Gasteiger partial charge < -0.3 is 15.5 Å². The predicted octanol–water partition coefficient (Wildman–Crippen LogP) is 1.06. The lowest BCUT2D eigenvalue weighted by molar-refractivity contribution is -0.138. The van der Waals surface area contributed by atoms with E-state index in [-0.39, 0.29) is 24.3 Å². The second kappa shape index (κ2) is 9.53. The number of carbonyl (C=O) groups is 2. The summed E-state index contributed by atoms with van der Waals surface area (Å²) >= 11 is 0. The van der Waals surface area contributed by atoms with Crippen LogP contribution >= 0.6 is 0 Å². The molecule has 5 heteroatoms. The van der Waals surface area contributed by atoms with Crippen molar-refractivity contribution in [2.75, 3.05) is 26.2 Å². The quantitative estimate of drug-likeness (QED) is 0.491. The summed E-state index contributed by atoms with van der Waals surface area (Å²) in [5.74, 6) is 0.00296. The Balaban J connectivity index is 2.35. The molecule has 0 radical (unpaired) electrons. The SMILES string of the molecule is C=CCCCN1CCNC(CC(=O)NCCCC)C1=O. The summed E-state index contributed by atoms with van der Waals surface area (Å²) in [6.07, 6.45) is 5.99. The smallest absolute Gasteiger partial charge is 0.240 e. The maximum atomic E-state index is 12.2. The van der Waals surface area contributed by atoms with Crippen LogP contribution in [0.4, 0.5) is 0 Å². The molecule has 1 rings (SSSR count). The minimum Gasteiger partial charge on any atom is -0.356 e. The van der Waals surface area contributed by atoms with Crippen LogP contribution in [0.2, 0.25) is 0 Å². The molecule has 1 heterocycles. The van der Waals surface area contributed by atoms with Crippen molar-refractivity contribution in [1.29, 1.82) is 0 Å². The number of rotatable bonds is 9. The first-order valence-electron chi connectivity index (χ1n) is 7.58. The topological polar surface area (TPSA) is 61.4 Å². The second-order valence-corrected chi connectivity index (χ2v) is 5.17. The van der Waals surface area contributed by atoms with Gasteiger partial charge in [0.1, 0.15) is 0 Å². The van der Waals surface area contributed by atoms with Gasteiger partial charge in [0.25, 0.3) is 0 Å². The van der Waals surface area contributed by atoms with E-state index in [1.54, 1.807) is 0 Å². The number of unbranched alkanes of at least 4 members (excludes halogenated alkanes) is 2. The van der Waals surface area contributed by atoms with Crippen LogP contribution in [0.15, 0.2) is 12.7 Å². The van der Waals surface area contributed by atoms with Gasteiger partial charge in [-0.1, -0.05) is 19.4 Å². The van der Waals surface area contributed by atoms with Crippen molar-refractivity contribution in [2.45, 2.75) is 45.1 Å². The average Bonchev–Trinajstić information content (AvgIpc) is 2.43. The Bertz CT molecular complexity index is 331. The van der Waals surface area contributed by atoms with Crippen LogP contribution in [0.25, 0.3) is 0 Å². The third kappa shape index (κ3) is 5.74. The molecule has 0 saturated carbocycles. The molecule has 1 aliphatic heterocycles. The van der Waals surface area contributed by atoms with E-state index < -0.39 is 0 Å².